The Labute approximate surface area is 150 Å². The number of furan rings is 1. The van der Waals surface area contributed by atoms with Gasteiger partial charge >= 0.3 is 5.97 Å². The van der Waals surface area contributed by atoms with Gasteiger partial charge < -0.3 is 19.6 Å². The number of methoxy groups -OCH3 is 1. The molecule has 1 amide bonds. The molecule has 0 fully saturated rings. The summed E-state index contributed by atoms with van der Waals surface area (Å²) >= 11 is 0. The van der Waals surface area contributed by atoms with Crippen LogP contribution in [0.5, 0.6) is 5.75 Å². The van der Waals surface area contributed by atoms with Crippen LogP contribution in [0.4, 0.5) is 5.69 Å². The highest BCUT2D eigenvalue weighted by Gasteiger charge is 2.26. The molecule has 9 nitrogen and oxygen atoms in total. The van der Waals surface area contributed by atoms with Crippen LogP contribution in [0.25, 0.3) is 0 Å². The molecular formula is C16H18N2O7S. The Morgan fingerprint density at radius 3 is 2.42 bits per heavy atom. The molecule has 1 heterocycles. The molecular weight excluding hydrogens is 364 g/mol. The average Bonchev–Trinajstić information content (AvgIpc) is 2.97. The number of sulfonamides is 1. The molecule has 0 spiro atoms. The summed E-state index contributed by atoms with van der Waals surface area (Å²) in [6.07, 6.45) is 0. The fourth-order valence-electron chi connectivity index (χ4n) is 2.17. The van der Waals surface area contributed by atoms with Crippen molar-refractivity contribution in [1.82, 2.24) is 4.31 Å². The van der Waals surface area contributed by atoms with Gasteiger partial charge in [0.1, 0.15) is 22.0 Å². The number of amides is 1. The lowest BCUT2D eigenvalue weighted by Crippen LogP contribution is -2.22. The zero-order valence-electron chi connectivity index (χ0n) is 14.6. The van der Waals surface area contributed by atoms with Crippen molar-refractivity contribution in [3.05, 3.63) is 41.3 Å². The Balaban J connectivity index is 2.30. The molecule has 0 bridgehead atoms. The van der Waals surface area contributed by atoms with Gasteiger partial charge in [0.15, 0.2) is 5.76 Å². The van der Waals surface area contributed by atoms with E-state index in [0.29, 0.717) is 0 Å². The van der Waals surface area contributed by atoms with Crippen molar-refractivity contribution >= 4 is 27.6 Å². The van der Waals surface area contributed by atoms with E-state index >= 15 is 0 Å². The number of carboxylic acids is 1. The Kier molecular flexibility index (Phi) is 5.38. The van der Waals surface area contributed by atoms with Crippen LogP contribution >= 0.6 is 0 Å². The summed E-state index contributed by atoms with van der Waals surface area (Å²) in [4.78, 5) is 23.3. The second kappa shape index (κ2) is 7.18. The van der Waals surface area contributed by atoms with Crippen LogP contribution in [0, 0.1) is 6.92 Å². The zero-order valence-corrected chi connectivity index (χ0v) is 15.4. The number of hydrogen-bond acceptors (Lipinski definition) is 6. The van der Waals surface area contributed by atoms with Crippen LogP contribution in [0.3, 0.4) is 0 Å². The Hall–Kier alpha value is -2.85. The van der Waals surface area contributed by atoms with Crippen LogP contribution in [-0.2, 0) is 10.0 Å². The number of ether oxygens (including phenoxy) is 1. The first-order valence-electron chi connectivity index (χ1n) is 7.33. The van der Waals surface area contributed by atoms with E-state index in [4.69, 9.17) is 14.3 Å². The zero-order chi connectivity index (χ0) is 19.6. The number of aromatic carboxylic acids is 1. The van der Waals surface area contributed by atoms with Crippen LogP contribution < -0.4 is 10.1 Å². The van der Waals surface area contributed by atoms with Gasteiger partial charge in [0, 0.05) is 31.9 Å². The van der Waals surface area contributed by atoms with Crippen molar-refractivity contribution in [3.63, 3.8) is 0 Å². The maximum atomic E-state index is 12.3. The summed E-state index contributed by atoms with van der Waals surface area (Å²) < 4.78 is 35.7. The third-order valence-corrected chi connectivity index (χ3v) is 5.47. The second-order valence-corrected chi connectivity index (χ2v) is 7.61. The van der Waals surface area contributed by atoms with E-state index in [2.05, 4.69) is 5.32 Å². The van der Waals surface area contributed by atoms with Crippen LogP contribution in [0.2, 0.25) is 0 Å². The van der Waals surface area contributed by atoms with E-state index in [1.165, 1.54) is 46.3 Å². The quantitative estimate of drug-likeness (QED) is 0.780. The lowest BCUT2D eigenvalue weighted by molar-refractivity contribution is 0.0693. The molecule has 26 heavy (non-hydrogen) atoms. The number of carbonyl (C=O) groups is 2. The van der Waals surface area contributed by atoms with E-state index in [-0.39, 0.29) is 33.4 Å². The Bertz CT molecular complexity index is 961. The van der Waals surface area contributed by atoms with Crippen LogP contribution in [0.1, 0.15) is 26.7 Å². The summed E-state index contributed by atoms with van der Waals surface area (Å²) in [6.45, 7) is 1.44. The molecule has 1 aromatic heterocycles. The minimum absolute atomic E-state index is 0.0568. The predicted octanol–water partition coefficient (Wildman–Crippen LogP) is 1.80. The van der Waals surface area contributed by atoms with Gasteiger partial charge in [0.2, 0.25) is 10.0 Å². The number of anilines is 1. The highest BCUT2D eigenvalue weighted by atomic mass is 32.2. The van der Waals surface area contributed by atoms with Gasteiger partial charge in [0.25, 0.3) is 5.91 Å². The van der Waals surface area contributed by atoms with Gasteiger partial charge in [-0.15, -0.1) is 0 Å². The van der Waals surface area contributed by atoms with Crippen molar-refractivity contribution in [2.24, 2.45) is 0 Å². The van der Waals surface area contributed by atoms with Crippen molar-refractivity contribution in [1.29, 1.82) is 0 Å². The number of rotatable bonds is 6. The average molecular weight is 382 g/mol. The minimum atomic E-state index is -3.74. The van der Waals surface area contributed by atoms with Crippen LogP contribution in [-0.4, -0.2) is 50.9 Å². The van der Waals surface area contributed by atoms with E-state index in [0.717, 1.165) is 10.4 Å². The molecule has 0 atom stereocenters. The minimum Gasteiger partial charge on any atom is -0.496 e. The van der Waals surface area contributed by atoms with E-state index in [9.17, 15) is 18.0 Å². The van der Waals surface area contributed by atoms with Crippen molar-refractivity contribution in [2.75, 3.05) is 26.5 Å². The monoisotopic (exact) mass is 382 g/mol. The molecule has 0 saturated heterocycles. The van der Waals surface area contributed by atoms with Gasteiger partial charge in [-0.05, 0) is 19.1 Å². The van der Waals surface area contributed by atoms with Gasteiger partial charge in [-0.2, -0.15) is 0 Å². The molecule has 0 aliphatic carbocycles. The fraction of sp³-hybridized carbons (Fsp3) is 0.250. The summed E-state index contributed by atoms with van der Waals surface area (Å²) in [7, 11) is 0.308. The molecule has 1 aromatic carbocycles. The molecule has 2 rings (SSSR count). The number of benzene rings is 1. The summed E-state index contributed by atoms with van der Waals surface area (Å²) in [5, 5.41) is 11.6. The number of nitrogens with zero attached hydrogens (tertiary/aromatic N) is 1. The number of carboxylic acid groups (broad SMARTS) is 1. The second-order valence-electron chi connectivity index (χ2n) is 5.49. The standard InChI is InChI=1S/C16H18N2O7S/c1-9-14(26(22,23)18(2)3)8-13(25-9)15(19)17-10-5-6-11(16(20)21)12(7-10)24-4/h5-8H,1-4H3,(H,17,19)(H,20,21). The topological polar surface area (TPSA) is 126 Å². The van der Waals surface area contributed by atoms with Crippen LogP contribution in [0.15, 0.2) is 33.6 Å². The largest absolute Gasteiger partial charge is 0.496 e. The molecule has 0 aliphatic heterocycles. The summed E-state index contributed by atoms with van der Waals surface area (Å²) in [5.74, 6) is -1.88. The molecule has 0 radical (unpaired) electrons. The molecule has 2 N–H and O–H groups in total. The predicted molar refractivity (Wildman–Crippen MR) is 92.2 cm³/mol. The van der Waals surface area contributed by atoms with Crippen molar-refractivity contribution in [2.45, 2.75) is 11.8 Å². The molecule has 0 unspecified atom stereocenters. The maximum absolute atomic E-state index is 12.3. The first-order chi connectivity index (χ1) is 12.1. The number of nitrogens with one attached hydrogen (secondary N) is 1. The van der Waals surface area contributed by atoms with Gasteiger partial charge in [-0.1, -0.05) is 0 Å². The van der Waals surface area contributed by atoms with Gasteiger partial charge in [-0.25, -0.2) is 17.5 Å². The van der Waals surface area contributed by atoms with Crippen molar-refractivity contribution < 1.29 is 32.3 Å². The molecule has 0 aliphatic rings. The normalized spacial score (nSPS) is 11.4. The molecule has 10 heteroatoms. The lowest BCUT2D eigenvalue weighted by Gasteiger charge is -2.09. The number of aryl methyl sites for hydroxylation is 1. The summed E-state index contributed by atoms with van der Waals surface area (Å²) in [5.41, 5.74) is 0.210. The number of hydrogen-bond donors (Lipinski definition) is 2. The van der Waals surface area contributed by atoms with E-state index in [1.807, 2.05) is 0 Å². The SMILES string of the molecule is COc1cc(NC(=O)c2cc(S(=O)(=O)N(C)C)c(C)o2)ccc1C(=O)O. The Morgan fingerprint density at radius 1 is 1.23 bits per heavy atom. The van der Waals surface area contributed by atoms with Gasteiger partial charge in [0.05, 0.1) is 7.11 Å². The van der Waals surface area contributed by atoms with E-state index in [1.54, 1.807) is 0 Å². The molecule has 2 aromatic rings. The molecule has 140 valence electrons. The summed E-state index contributed by atoms with van der Waals surface area (Å²) in [6, 6.07) is 5.15. The third kappa shape index (κ3) is 3.70. The van der Waals surface area contributed by atoms with Crippen molar-refractivity contribution in [3.8, 4) is 5.75 Å². The number of carbonyl (C=O) groups excluding carboxylic acids is 1. The maximum Gasteiger partial charge on any atom is 0.339 e. The highest BCUT2D eigenvalue weighted by Crippen LogP contribution is 2.25. The highest BCUT2D eigenvalue weighted by molar-refractivity contribution is 7.89. The lowest BCUT2D eigenvalue weighted by atomic mass is 10.2. The first-order valence-corrected chi connectivity index (χ1v) is 8.77. The molecule has 0 saturated carbocycles. The first kappa shape index (κ1) is 19.5. The fourth-order valence-corrected chi connectivity index (χ4v) is 3.22. The smallest absolute Gasteiger partial charge is 0.339 e. The van der Waals surface area contributed by atoms with E-state index < -0.39 is 21.9 Å². The third-order valence-electron chi connectivity index (χ3n) is 3.54. The van der Waals surface area contributed by atoms with Gasteiger partial charge in [-0.3, -0.25) is 4.79 Å². The Morgan fingerprint density at radius 2 is 1.88 bits per heavy atom.